The number of benzene rings is 1. The Labute approximate surface area is 94.8 Å². The van der Waals surface area contributed by atoms with E-state index in [-0.39, 0.29) is 5.92 Å². The second kappa shape index (κ2) is 5.49. The Bertz CT molecular complexity index is 351. The first-order valence-electron chi connectivity index (χ1n) is 5.35. The smallest absolute Gasteiger partial charge is 0.259 e. The molecule has 0 heterocycles. The van der Waals surface area contributed by atoms with Gasteiger partial charge in [0, 0.05) is 11.4 Å². The molecule has 0 saturated heterocycles. The summed E-state index contributed by atoms with van der Waals surface area (Å²) in [4.78, 5) is 11.5. The summed E-state index contributed by atoms with van der Waals surface area (Å²) in [6, 6.07) is 6.62. The number of nitrogens with two attached hydrogens (primary N) is 1. The Kier molecular flexibility index (Phi) is 4.28. The second-order valence-electron chi connectivity index (χ2n) is 3.90. The summed E-state index contributed by atoms with van der Waals surface area (Å²) in [7, 11) is 0. The van der Waals surface area contributed by atoms with Crippen LogP contribution < -0.4 is 11.1 Å². The van der Waals surface area contributed by atoms with Gasteiger partial charge in [-0.25, -0.2) is 4.39 Å². The van der Waals surface area contributed by atoms with Crippen LogP contribution in [-0.2, 0) is 4.79 Å². The van der Waals surface area contributed by atoms with E-state index in [4.69, 9.17) is 5.73 Å². The molecule has 0 aliphatic carbocycles. The van der Waals surface area contributed by atoms with E-state index in [0.717, 1.165) is 0 Å². The quantitative estimate of drug-likeness (QED) is 0.772. The highest BCUT2D eigenvalue weighted by Crippen LogP contribution is 2.15. The van der Waals surface area contributed by atoms with Crippen molar-refractivity contribution >= 4 is 17.3 Å². The number of anilines is 2. The Balaban J connectivity index is 2.60. The Morgan fingerprint density at radius 1 is 1.44 bits per heavy atom. The van der Waals surface area contributed by atoms with E-state index in [2.05, 4.69) is 5.32 Å². The topological polar surface area (TPSA) is 55.1 Å². The van der Waals surface area contributed by atoms with Crippen LogP contribution in [0.4, 0.5) is 15.8 Å². The van der Waals surface area contributed by atoms with E-state index >= 15 is 0 Å². The minimum Gasteiger partial charge on any atom is -0.399 e. The number of alkyl halides is 1. The van der Waals surface area contributed by atoms with Crippen LogP contribution in [0.15, 0.2) is 24.3 Å². The summed E-state index contributed by atoms with van der Waals surface area (Å²) >= 11 is 0. The number of carbonyl (C=O) groups excluding carboxylic acids is 1. The fourth-order valence-corrected chi connectivity index (χ4v) is 1.24. The molecule has 88 valence electrons. The number of carbonyl (C=O) groups is 1. The number of rotatable bonds is 4. The van der Waals surface area contributed by atoms with Gasteiger partial charge in [-0.15, -0.1) is 0 Å². The molecular formula is C12H17FN2O. The first kappa shape index (κ1) is 12.5. The summed E-state index contributed by atoms with van der Waals surface area (Å²) < 4.78 is 13.5. The van der Waals surface area contributed by atoms with Gasteiger partial charge in [-0.2, -0.15) is 0 Å². The van der Waals surface area contributed by atoms with E-state index in [9.17, 15) is 9.18 Å². The largest absolute Gasteiger partial charge is 0.399 e. The summed E-state index contributed by atoms with van der Waals surface area (Å²) in [6.45, 7) is 3.57. The molecule has 0 aromatic heterocycles. The molecule has 1 aromatic rings. The van der Waals surface area contributed by atoms with Gasteiger partial charge in [0.1, 0.15) is 0 Å². The van der Waals surface area contributed by atoms with Gasteiger partial charge in [-0.1, -0.05) is 20.3 Å². The highest BCUT2D eigenvalue weighted by atomic mass is 19.1. The van der Waals surface area contributed by atoms with Crippen LogP contribution in [0.1, 0.15) is 20.3 Å². The molecule has 0 aliphatic rings. The van der Waals surface area contributed by atoms with Gasteiger partial charge in [0.2, 0.25) is 0 Å². The summed E-state index contributed by atoms with van der Waals surface area (Å²) in [5, 5.41) is 2.51. The fourth-order valence-electron chi connectivity index (χ4n) is 1.24. The van der Waals surface area contributed by atoms with Crippen molar-refractivity contribution in [3.63, 3.8) is 0 Å². The Morgan fingerprint density at radius 3 is 2.50 bits per heavy atom. The van der Waals surface area contributed by atoms with E-state index in [1.165, 1.54) is 0 Å². The maximum Gasteiger partial charge on any atom is 0.259 e. The molecule has 0 fully saturated rings. The molecule has 16 heavy (non-hydrogen) atoms. The van der Waals surface area contributed by atoms with Crippen LogP contribution in [0, 0.1) is 5.92 Å². The first-order chi connectivity index (χ1) is 7.54. The second-order valence-corrected chi connectivity index (χ2v) is 3.90. The average Bonchev–Trinajstić information content (AvgIpc) is 2.30. The molecule has 1 rings (SSSR count). The van der Waals surface area contributed by atoms with Crippen molar-refractivity contribution in [2.45, 2.75) is 26.4 Å². The summed E-state index contributed by atoms with van der Waals surface area (Å²) in [5.41, 5.74) is 6.67. The standard InChI is InChI=1S/C12H17FN2O/c1-3-8(2)11(13)12(16)15-10-6-4-9(14)5-7-10/h4-8,11H,3,14H2,1-2H3,(H,15,16)/t8?,11-/m0/s1. The SMILES string of the molecule is CCC(C)[C@H](F)C(=O)Nc1ccc(N)cc1. The molecule has 1 aromatic carbocycles. The normalized spacial score (nSPS) is 14.2. The minimum absolute atomic E-state index is 0.270. The fraction of sp³-hybridized carbons (Fsp3) is 0.417. The number of amides is 1. The lowest BCUT2D eigenvalue weighted by atomic mass is 10.0. The molecule has 3 N–H and O–H groups in total. The molecule has 0 bridgehead atoms. The molecular weight excluding hydrogens is 207 g/mol. The number of nitrogen functional groups attached to an aromatic ring is 1. The zero-order valence-electron chi connectivity index (χ0n) is 9.53. The molecule has 0 saturated carbocycles. The Morgan fingerprint density at radius 2 is 2.00 bits per heavy atom. The van der Waals surface area contributed by atoms with Crippen molar-refractivity contribution in [2.24, 2.45) is 5.92 Å². The third-order valence-electron chi connectivity index (χ3n) is 2.57. The highest BCUT2D eigenvalue weighted by molar-refractivity contribution is 5.94. The average molecular weight is 224 g/mol. The van der Waals surface area contributed by atoms with Crippen LogP contribution in [0.2, 0.25) is 0 Å². The molecule has 4 heteroatoms. The number of nitrogens with one attached hydrogen (secondary N) is 1. The van der Waals surface area contributed by atoms with Crippen molar-refractivity contribution in [2.75, 3.05) is 11.1 Å². The van der Waals surface area contributed by atoms with Crippen molar-refractivity contribution in [1.82, 2.24) is 0 Å². The maximum atomic E-state index is 13.5. The van der Waals surface area contributed by atoms with E-state index < -0.39 is 12.1 Å². The molecule has 3 nitrogen and oxygen atoms in total. The zero-order valence-corrected chi connectivity index (χ0v) is 9.53. The van der Waals surface area contributed by atoms with Crippen LogP contribution in [0.25, 0.3) is 0 Å². The molecule has 2 atom stereocenters. The molecule has 0 spiro atoms. The Hall–Kier alpha value is -1.58. The molecule has 1 unspecified atom stereocenters. The van der Waals surface area contributed by atoms with Crippen LogP contribution in [0.3, 0.4) is 0 Å². The molecule has 1 amide bonds. The number of halogens is 1. The first-order valence-corrected chi connectivity index (χ1v) is 5.35. The van der Waals surface area contributed by atoms with Gasteiger partial charge in [0.15, 0.2) is 6.17 Å². The predicted molar refractivity (Wildman–Crippen MR) is 63.8 cm³/mol. The summed E-state index contributed by atoms with van der Waals surface area (Å²) in [6.07, 6.45) is -0.835. The van der Waals surface area contributed by atoms with Crippen LogP contribution >= 0.6 is 0 Å². The van der Waals surface area contributed by atoms with Crippen LogP contribution in [-0.4, -0.2) is 12.1 Å². The lowest BCUT2D eigenvalue weighted by molar-refractivity contribution is -0.122. The summed E-state index contributed by atoms with van der Waals surface area (Å²) in [5.74, 6) is -0.868. The van der Waals surface area contributed by atoms with Crippen molar-refractivity contribution in [1.29, 1.82) is 0 Å². The van der Waals surface area contributed by atoms with Gasteiger partial charge in [-0.05, 0) is 30.2 Å². The lowest BCUT2D eigenvalue weighted by Crippen LogP contribution is -2.29. The number of hydrogen-bond acceptors (Lipinski definition) is 2. The lowest BCUT2D eigenvalue weighted by Gasteiger charge is -2.14. The van der Waals surface area contributed by atoms with Crippen molar-refractivity contribution in [3.05, 3.63) is 24.3 Å². The molecule has 0 aliphatic heterocycles. The van der Waals surface area contributed by atoms with Crippen LogP contribution in [0.5, 0.6) is 0 Å². The predicted octanol–water partition coefficient (Wildman–Crippen LogP) is 2.59. The van der Waals surface area contributed by atoms with E-state index in [1.807, 2.05) is 6.92 Å². The van der Waals surface area contributed by atoms with Crippen molar-refractivity contribution < 1.29 is 9.18 Å². The van der Waals surface area contributed by atoms with Gasteiger partial charge in [0.25, 0.3) is 5.91 Å². The van der Waals surface area contributed by atoms with E-state index in [1.54, 1.807) is 31.2 Å². The molecule has 0 radical (unpaired) electrons. The number of hydrogen-bond donors (Lipinski definition) is 2. The zero-order chi connectivity index (χ0) is 12.1. The van der Waals surface area contributed by atoms with Gasteiger partial charge >= 0.3 is 0 Å². The van der Waals surface area contributed by atoms with Crippen molar-refractivity contribution in [3.8, 4) is 0 Å². The minimum atomic E-state index is -1.47. The van der Waals surface area contributed by atoms with Gasteiger partial charge < -0.3 is 11.1 Å². The van der Waals surface area contributed by atoms with E-state index in [0.29, 0.717) is 17.8 Å². The maximum absolute atomic E-state index is 13.5. The third-order valence-corrected chi connectivity index (χ3v) is 2.57. The van der Waals surface area contributed by atoms with Gasteiger partial charge in [-0.3, -0.25) is 4.79 Å². The highest BCUT2D eigenvalue weighted by Gasteiger charge is 2.22. The van der Waals surface area contributed by atoms with Gasteiger partial charge in [0.05, 0.1) is 0 Å². The third kappa shape index (κ3) is 3.22. The monoisotopic (exact) mass is 224 g/mol.